The van der Waals surface area contributed by atoms with Crippen LogP contribution in [0.15, 0.2) is 12.3 Å². The zero-order valence-corrected chi connectivity index (χ0v) is 14.5. The smallest absolute Gasteiger partial charge is 0.228 e. The van der Waals surface area contributed by atoms with Gasteiger partial charge in [0, 0.05) is 43.7 Å². The van der Waals surface area contributed by atoms with E-state index < -0.39 is 0 Å². The van der Waals surface area contributed by atoms with Crippen molar-refractivity contribution in [3.63, 3.8) is 0 Å². The van der Waals surface area contributed by atoms with E-state index in [1.54, 1.807) is 0 Å². The molecule has 0 aliphatic carbocycles. The van der Waals surface area contributed by atoms with Gasteiger partial charge < -0.3 is 9.80 Å². The summed E-state index contributed by atoms with van der Waals surface area (Å²) in [5.41, 5.74) is -0.311. The van der Waals surface area contributed by atoms with Crippen molar-refractivity contribution < 1.29 is 4.79 Å². The van der Waals surface area contributed by atoms with E-state index in [9.17, 15) is 4.79 Å². The van der Waals surface area contributed by atoms with Gasteiger partial charge in [-0.3, -0.25) is 4.79 Å². The molecule has 1 aromatic heterocycles. The first-order valence-corrected chi connectivity index (χ1v) is 8.16. The van der Waals surface area contributed by atoms with Crippen LogP contribution < -0.4 is 4.90 Å². The third-order valence-electron chi connectivity index (χ3n) is 3.92. The molecule has 2 heterocycles. The second-order valence-electron chi connectivity index (χ2n) is 7.31. The monoisotopic (exact) mass is 304 g/mol. The zero-order chi connectivity index (χ0) is 16.3. The Bertz CT molecular complexity index is 522. The molecular weight excluding hydrogens is 276 g/mol. The summed E-state index contributed by atoms with van der Waals surface area (Å²) in [6, 6.07) is 1.97. The van der Waals surface area contributed by atoms with E-state index in [2.05, 4.69) is 28.7 Å². The number of aromatic nitrogens is 2. The first-order valence-electron chi connectivity index (χ1n) is 8.16. The van der Waals surface area contributed by atoms with Crippen LogP contribution in [0.1, 0.15) is 52.8 Å². The van der Waals surface area contributed by atoms with Crippen molar-refractivity contribution in [3.05, 3.63) is 18.1 Å². The maximum atomic E-state index is 12.4. The lowest BCUT2D eigenvalue weighted by Crippen LogP contribution is -2.41. The van der Waals surface area contributed by atoms with E-state index in [0.29, 0.717) is 5.92 Å². The molecule has 1 aromatic rings. The average Bonchev–Trinajstić information content (AvgIpc) is 2.71. The summed E-state index contributed by atoms with van der Waals surface area (Å²) < 4.78 is 0. The van der Waals surface area contributed by atoms with Crippen molar-refractivity contribution in [2.24, 2.45) is 5.41 Å². The molecule has 5 heteroatoms. The van der Waals surface area contributed by atoms with E-state index in [1.165, 1.54) is 0 Å². The number of amides is 1. The summed E-state index contributed by atoms with van der Waals surface area (Å²) >= 11 is 0. The normalized spacial score (nSPS) is 16.8. The Kier molecular flexibility index (Phi) is 5.04. The van der Waals surface area contributed by atoms with E-state index in [4.69, 9.17) is 0 Å². The Morgan fingerprint density at radius 1 is 1.18 bits per heavy atom. The molecule has 0 radical (unpaired) electrons. The third kappa shape index (κ3) is 3.96. The summed E-state index contributed by atoms with van der Waals surface area (Å²) in [6.07, 6.45) is 2.81. The molecule has 0 N–H and O–H groups in total. The molecule has 0 atom stereocenters. The molecule has 5 nitrogen and oxygen atoms in total. The van der Waals surface area contributed by atoms with Gasteiger partial charge in [-0.25, -0.2) is 9.97 Å². The Labute approximate surface area is 133 Å². The largest absolute Gasteiger partial charge is 0.355 e. The van der Waals surface area contributed by atoms with Crippen LogP contribution in [0.5, 0.6) is 0 Å². The lowest BCUT2D eigenvalue weighted by molar-refractivity contribution is -0.139. The fourth-order valence-corrected chi connectivity index (χ4v) is 2.64. The van der Waals surface area contributed by atoms with Gasteiger partial charge in [-0.05, 0) is 12.5 Å². The van der Waals surface area contributed by atoms with Crippen LogP contribution in [0, 0.1) is 5.41 Å². The highest BCUT2D eigenvalue weighted by molar-refractivity contribution is 5.81. The summed E-state index contributed by atoms with van der Waals surface area (Å²) in [7, 11) is 0. The zero-order valence-electron chi connectivity index (χ0n) is 14.5. The Balaban J connectivity index is 2.07. The van der Waals surface area contributed by atoms with Gasteiger partial charge >= 0.3 is 0 Å². The van der Waals surface area contributed by atoms with Crippen LogP contribution in [0.25, 0.3) is 0 Å². The van der Waals surface area contributed by atoms with Crippen LogP contribution >= 0.6 is 0 Å². The van der Waals surface area contributed by atoms with Gasteiger partial charge in [0.15, 0.2) is 0 Å². The summed E-state index contributed by atoms with van der Waals surface area (Å²) in [6.45, 7) is 13.5. The molecule has 0 unspecified atom stereocenters. The minimum Gasteiger partial charge on any atom is -0.355 e. The molecule has 0 spiro atoms. The van der Waals surface area contributed by atoms with Crippen LogP contribution in [0.2, 0.25) is 0 Å². The molecule has 1 saturated heterocycles. The van der Waals surface area contributed by atoms with Crippen molar-refractivity contribution in [1.82, 2.24) is 14.9 Å². The standard InChI is InChI=1S/C17H28N4O/c1-13(2)15-18-8-7-14(19-15)20-9-6-10-21(12-11-20)16(22)17(3,4)5/h7-8,13H,6,9-12H2,1-5H3. The number of carbonyl (C=O) groups is 1. The molecule has 1 aliphatic rings. The minimum absolute atomic E-state index is 0.236. The van der Waals surface area contributed by atoms with Crippen LogP contribution in [0.3, 0.4) is 0 Å². The quantitative estimate of drug-likeness (QED) is 0.843. The number of rotatable bonds is 2. The fourth-order valence-electron chi connectivity index (χ4n) is 2.64. The maximum Gasteiger partial charge on any atom is 0.228 e. The van der Waals surface area contributed by atoms with Gasteiger partial charge in [-0.15, -0.1) is 0 Å². The van der Waals surface area contributed by atoms with Gasteiger partial charge in [0.25, 0.3) is 0 Å². The number of anilines is 1. The van der Waals surface area contributed by atoms with E-state index in [1.807, 2.05) is 37.9 Å². The molecule has 1 aliphatic heterocycles. The SMILES string of the molecule is CC(C)c1nccc(N2CCCN(C(=O)C(C)(C)C)CC2)n1. The van der Waals surface area contributed by atoms with E-state index in [0.717, 1.165) is 44.2 Å². The Hall–Kier alpha value is -1.65. The van der Waals surface area contributed by atoms with Crippen LogP contribution in [-0.4, -0.2) is 47.0 Å². The van der Waals surface area contributed by atoms with Crippen molar-refractivity contribution >= 4 is 11.7 Å². The molecule has 0 saturated carbocycles. The minimum atomic E-state index is -0.311. The highest BCUT2D eigenvalue weighted by Crippen LogP contribution is 2.21. The fraction of sp³-hybridized carbons (Fsp3) is 0.706. The molecule has 0 bridgehead atoms. The van der Waals surface area contributed by atoms with E-state index >= 15 is 0 Å². The highest BCUT2D eigenvalue weighted by atomic mass is 16.2. The average molecular weight is 304 g/mol. The van der Waals surface area contributed by atoms with Gasteiger partial charge in [-0.2, -0.15) is 0 Å². The number of nitrogens with zero attached hydrogens (tertiary/aromatic N) is 4. The molecule has 1 fully saturated rings. The van der Waals surface area contributed by atoms with Crippen molar-refractivity contribution in [3.8, 4) is 0 Å². The van der Waals surface area contributed by atoms with Crippen molar-refractivity contribution in [2.75, 3.05) is 31.1 Å². The van der Waals surface area contributed by atoms with Crippen molar-refractivity contribution in [1.29, 1.82) is 0 Å². The molecular formula is C17H28N4O. The second-order valence-corrected chi connectivity index (χ2v) is 7.31. The van der Waals surface area contributed by atoms with Crippen LogP contribution in [-0.2, 0) is 4.79 Å². The molecule has 22 heavy (non-hydrogen) atoms. The third-order valence-corrected chi connectivity index (χ3v) is 3.92. The summed E-state index contributed by atoms with van der Waals surface area (Å²) in [5.74, 6) is 2.42. The number of hydrogen-bond donors (Lipinski definition) is 0. The second kappa shape index (κ2) is 6.63. The lowest BCUT2D eigenvalue weighted by atomic mass is 9.94. The molecule has 122 valence electrons. The Morgan fingerprint density at radius 3 is 2.55 bits per heavy atom. The van der Waals surface area contributed by atoms with Gasteiger partial charge in [-0.1, -0.05) is 34.6 Å². The summed E-state index contributed by atoms with van der Waals surface area (Å²) in [5, 5.41) is 0. The van der Waals surface area contributed by atoms with Crippen molar-refractivity contribution in [2.45, 2.75) is 47.0 Å². The first kappa shape index (κ1) is 16.7. The van der Waals surface area contributed by atoms with E-state index in [-0.39, 0.29) is 11.3 Å². The maximum absolute atomic E-state index is 12.4. The number of hydrogen-bond acceptors (Lipinski definition) is 4. The topological polar surface area (TPSA) is 49.3 Å². The highest BCUT2D eigenvalue weighted by Gasteiger charge is 2.28. The molecule has 0 aromatic carbocycles. The molecule has 1 amide bonds. The van der Waals surface area contributed by atoms with Crippen LogP contribution in [0.4, 0.5) is 5.82 Å². The Morgan fingerprint density at radius 2 is 1.91 bits per heavy atom. The predicted molar refractivity (Wildman–Crippen MR) is 89.0 cm³/mol. The number of carbonyl (C=O) groups excluding carboxylic acids is 1. The summed E-state index contributed by atoms with van der Waals surface area (Å²) in [4.78, 5) is 25.7. The van der Waals surface area contributed by atoms with Gasteiger partial charge in [0.1, 0.15) is 11.6 Å². The van der Waals surface area contributed by atoms with Gasteiger partial charge in [0.05, 0.1) is 0 Å². The predicted octanol–water partition coefficient (Wildman–Crippen LogP) is 2.68. The first-order chi connectivity index (χ1) is 10.3. The molecule has 2 rings (SSSR count). The van der Waals surface area contributed by atoms with Gasteiger partial charge in [0.2, 0.25) is 5.91 Å². The lowest BCUT2D eigenvalue weighted by Gasteiger charge is -2.28.